The Balaban J connectivity index is 2.59. The van der Waals surface area contributed by atoms with Crippen molar-refractivity contribution in [3.05, 3.63) is 11.8 Å². The lowest BCUT2D eigenvalue weighted by Crippen LogP contribution is -2.34. The summed E-state index contributed by atoms with van der Waals surface area (Å²) < 4.78 is 0. The minimum absolute atomic E-state index is 0.00738. The van der Waals surface area contributed by atoms with Gasteiger partial charge in [0, 0.05) is 18.5 Å². The molecule has 1 heterocycles. The molecular weight excluding hydrogens is 192 g/mol. The zero-order valence-corrected chi connectivity index (χ0v) is 8.58. The van der Waals surface area contributed by atoms with Crippen LogP contribution in [0.25, 0.3) is 0 Å². The number of anilines is 1. The number of aromatic nitrogens is 2. The smallest absolute Gasteiger partial charge is 0.269 e. The van der Waals surface area contributed by atoms with Crippen LogP contribution in [-0.4, -0.2) is 22.1 Å². The lowest BCUT2D eigenvalue weighted by molar-refractivity contribution is 0.0931. The first-order valence-electron chi connectivity index (χ1n) is 4.72. The van der Waals surface area contributed by atoms with Crippen LogP contribution in [0, 0.1) is 12.3 Å². The summed E-state index contributed by atoms with van der Waals surface area (Å²) >= 11 is 0. The number of carbonyl (C=O) groups is 1. The van der Waals surface area contributed by atoms with Gasteiger partial charge in [-0.15, -0.1) is 12.3 Å². The maximum absolute atomic E-state index is 11.6. The number of H-pyrrole nitrogens is 1. The second kappa shape index (κ2) is 5.05. The SMILES string of the molecule is C#CCC(CC)NC(=O)c1cc(N)n[nH]1. The highest BCUT2D eigenvalue weighted by molar-refractivity contribution is 5.93. The van der Waals surface area contributed by atoms with Crippen molar-refractivity contribution in [1.29, 1.82) is 0 Å². The molecule has 1 aromatic heterocycles. The Morgan fingerprint density at radius 2 is 2.60 bits per heavy atom. The third-order valence-corrected chi connectivity index (χ3v) is 2.03. The zero-order valence-electron chi connectivity index (χ0n) is 8.58. The van der Waals surface area contributed by atoms with E-state index in [2.05, 4.69) is 21.4 Å². The average molecular weight is 206 g/mol. The van der Waals surface area contributed by atoms with Crippen LogP contribution in [0.15, 0.2) is 6.07 Å². The van der Waals surface area contributed by atoms with Crippen LogP contribution >= 0.6 is 0 Å². The second-order valence-corrected chi connectivity index (χ2v) is 3.19. The summed E-state index contributed by atoms with van der Waals surface area (Å²) in [5, 5.41) is 9.00. The van der Waals surface area contributed by atoms with Gasteiger partial charge in [-0.2, -0.15) is 5.10 Å². The number of nitrogen functional groups attached to an aromatic ring is 1. The molecule has 0 aliphatic heterocycles. The molecule has 1 rings (SSSR count). The van der Waals surface area contributed by atoms with Crippen molar-refractivity contribution in [2.45, 2.75) is 25.8 Å². The average Bonchev–Trinajstić information content (AvgIpc) is 2.64. The van der Waals surface area contributed by atoms with Crippen molar-refractivity contribution in [3.8, 4) is 12.3 Å². The fourth-order valence-electron chi connectivity index (χ4n) is 1.16. The molecule has 5 nitrogen and oxygen atoms in total. The van der Waals surface area contributed by atoms with Crippen LogP contribution in [0.3, 0.4) is 0 Å². The minimum atomic E-state index is -0.235. The van der Waals surface area contributed by atoms with E-state index in [1.54, 1.807) is 0 Å². The van der Waals surface area contributed by atoms with Gasteiger partial charge in [-0.1, -0.05) is 6.92 Å². The summed E-state index contributed by atoms with van der Waals surface area (Å²) in [5.41, 5.74) is 5.73. The standard InChI is InChI=1S/C10H14N4O/c1-3-5-7(4-2)12-10(15)8-6-9(11)14-13-8/h1,6-7H,4-5H2,2H3,(H,12,15)(H3,11,13,14). The molecule has 15 heavy (non-hydrogen) atoms. The fourth-order valence-corrected chi connectivity index (χ4v) is 1.16. The number of rotatable bonds is 4. The van der Waals surface area contributed by atoms with Crippen molar-refractivity contribution >= 4 is 11.7 Å². The van der Waals surface area contributed by atoms with Crippen LogP contribution in [0.2, 0.25) is 0 Å². The first-order chi connectivity index (χ1) is 7.17. The van der Waals surface area contributed by atoms with Crippen LogP contribution < -0.4 is 11.1 Å². The summed E-state index contributed by atoms with van der Waals surface area (Å²) in [4.78, 5) is 11.6. The van der Waals surface area contributed by atoms with E-state index in [0.717, 1.165) is 6.42 Å². The van der Waals surface area contributed by atoms with Crippen LogP contribution in [-0.2, 0) is 0 Å². The number of hydrogen-bond donors (Lipinski definition) is 3. The van der Waals surface area contributed by atoms with Crippen LogP contribution in [0.1, 0.15) is 30.3 Å². The molecule has 0 fully saturated rings. The van der Waals surface area contributed by atoms with Crippen molar-refractivity contribution in [2.75, 3.05) is 5.73 Å². The maximum Gasteiger partial charge on any atom is 0.269 e. The van der Waals surface area contributed by atoms with E-state index in [4.69, 9.17) is 12.2 Å². The Bertz CT molecular complexity index is 377. The third-order valence-electron chi connectivity index (χ3n) is 2.03. The molecule has 4 N–H and O–H groups in total. The van der Waals surface area contributed by atoms with Gasteiger partial charge in [0.05, 0.1) is 0 Å². The number of carbonyl (C=O) groups excluding carboxylic acids is 1. The Hall–Kier alpha value is -1.96. The molecule has 1 unspecified atom stereocenters. The molecule has 0 bridgehead atoms. The van der Waals surface area contributed by atoms with E-state index in [0.29, 0.717) is 17.9 Å². The van der Waals surface area contributed by atoms with Gasteiger partial charge < -0.3 is 11.1 Å². The molecule has 0 aromatic carbocycles. The molecule has 0 aliphatic rings. The molecule has 1 aromatic rings. The summed E-state index contributed by atoms with van der Waals surface area (Å²) in [6.07, 6.45) is 6.49. The van der Waals surface area contributed by atoms with E-state index in [-0.39, 0.29) is 11.9 Å². The third kappa shape index (κ3) is 3.02. The Kier molecular flexibility index (Phi) is 3.75. The van der Waals surface area contributed by atoms with Gasteiger partial charge in [0.1, 0.15) is 11.5 Å². The first kappa shape index (κ1) is 11.1. The largest absolute Gasteiger partial charge is 0.382 e. The topological polar surface area (TPSA) is 83.8 Å². The molecule has 0 aliphatic carbocycles. The Labute approximate surface area is 88.4 Å². The van der Waals surface area contributed by atoms with Gasteiger partial charge in [-0.3, -0.25) is 9.89 Å². The first-order valence-corrected chi connectivity index (χ1v) is 4.72. The lowest BCUT2D eigenvalue weighted by Gasteiger charge is -2.12. The predicted octanol–water partition coefficient (Wildman–Crippen LogP) is 0.524. The molecule has 0 saturated heterocycles. The van der Waals surface area contributed by atoms with Crippen LogP contribution in [0.5, 0.6) is 0 Å². The van der Waals surface area contributed by atoms with E-state index in [1.807, 2.05) is 6.92 Å². The van der Waals surface area contributed by atoms with E-state index in [9.17, 15) is 4.79 Å². The zero-order chi connectivity index (χ0) is 11.3. The van der Waals surface area contributed by atoms with Crippen molar-refractivity contribution in [3.63, 3.8) is 0 Å². The molecule has 80 valence electrons. The van der Waals surface area contributed by atoms with Crippen molar-refractivity contribution in [2.24, 2.45) is 0 Å². The van der Waals surface area contributed by atoms with E-state index in [1.165, 1.54) is 6.07 Å². The number of terminal acetylenes is 1. The Morgan fingerprint density at radius 1 is 1.87 bits per heavy atom. The normalized spacial score (nSPS) is 11.7. The molecule has 5 heteroatoms. The lowest BCUT2D eigenvalue weighted by atomic mass is 10.1. The summed E-state index contributed by atoms with van der Waals surface area (Å²) in [6, 6.07) is 1.48. The van der Waals surface area contributed by atoms with Crippen molar-refractivity contribution in [1.82, 2.24) is 15.5 Å². The van der Waals surface area contributed by atoms with Crippen LogP contribution in [0.4, 0.5) is 5.82 Å². The van der Waals surface area contributed by atoms with Gasteiger partial charge in [0.25, 0.3) is 5.91 Å². The fraction of sp³-hybridized carbons (Fsp3) is 0.400. The summed E-state index contributed by atoms with van der Waals surface area (Å²) in [6.45, 7) is 1.96. The van der Waals surface area contributed by atoms with Gasteiger partial charge in [-0.25, -0.2) is 0 Å². The molecule has 0 saturated carbocycles. The number of amides is 1. The molecular formula is C10H14N4O. The van der Waals surface area contributed by atoms with Gasteiger partial charge in [-0.05, 0) is 6.42 Å². The second-order valence-electron chi connectivity index (χ2n) is 3.19. The Morgan fingerprint density at radius 3 is 3.07 bits per heavy atom. The molecule has 1 atom stereocenters. The number of hydrogen-bond acceptors (Lipinski definition) is 3. The molecule has 0 radical (unpaired) electrons. The number of nitrogens with zero attached hydrogens (tertiary/aromatic N) is 1. The quantitative estimate of drug-likeness (QED) is 0.628. The number of nitrogens with two attached hydrogens (primary N) is 1. The summed E-state index contributed by atoms with van der Waals surface area (Å²) in [7, 11) is 0. The minimum Gasteiger partial charge on any atom is -0.382 e. The summed E-state index contributed by atoms with van der Waals surface area (Å²) in [5.74, 6) is 2.58. The van der Waals surface area contributed by atoms with Gasteiger partial charge in [0.15, 0.2) is 0 Å². The van der Waals surface area contributed by atoms with Crippen molar-refractivity contribution < 1.29 is 4.79 Å². The van der Waals surface area contributed by atoms with E-state index >= 15 is 0 Å². The number of aromatic amines is 1. The highest BCUT2D eigenvalue weighted by atomic mass is 16.2. The highest BCUT2D eigenvalue weighted by Crippen LogP contribution is 2.02. The number of nitrogens with one attached hydrogen (secondary N) is 2. The monoisotopic (exact) mass is 206 g/mol. The van der Waals surface area contributed by atoms with Gasteiger partial charge >= 0.3 is 0 Å². The maximum atomic E-state index is 11.6. The highest BCUT2D eigenvalue weighted by Gasteiger charge is 2.12. The molecule has 1 amide bonds. The van der Waals surface area contributed by atoms with E-state index < -0.39 is 0 Å². The predicted molar refractivity (Wildman–Crippen MR) is 58.0 cm³/mol. The van der Waals surface area contributed by atoms with Gasteiger partial charge in [0.2, 0.25) is 0 Å². The molecule has 0 spiro atoms.